The fourth-order valence-electron chi connectivity index (χ4n) is 1.88. The first-order valence-corrected chi connectivity index (χ1v) is 6.96. The van der Waals surface area contributed by atoms with E-state index < -0.39 is 0 Å². The quantitative estimate of drug-likeness (QED) is 0.675. The summed E-state index contributed by atoms with van der Waals surface area (Å²) in [5, 5.41) is 0. The predicted molar refractivity (Wildman–Crippen MR) is 87.0 cm³/mol. The highest BCUT2D eigenvalue weighted by Gasteiger charge is 2.05. The summed E-state index contributed by atoms with van der Waals surface area (Å²) >= 11 is 0. The van der Waals surface area contributed by atoms with Gasteiger partial charge in [-0.05, 0) is 37.6 Å². The van der Waals surface area contributed by atoms with Gasteiger partial charge in [0.15, 0.2) is 0 Å². The molecule has 0 unspecified atom stereocenters. The summed E-state index contributed by atoms with van der Waals surface area (Å²) in [4.78, 5) is 23.5. The standard InChI is InChI=1S/C18H18N2O2/c1-13-6-9-16(10-7-13)18(22)20-19-17(21)11-8-15-5-3-4-14(2)12-15/h3-12H,1-2H3,(H,19,21)(H,20,22)/b11-8+. The highest BCUT2D eigenvalue weighted by atomic mass is 16.2. The van der Waals surface area contributed by atoms with Crippen molar-refractivity contribution in [2.24, 2.45) is 0 Å². The molecule has 0 bridgehead atoms. The third-order valence-electron chi connectivity index (χ3n) is 3.08. The highest BCUT2D eigenvalue weighted by Crippen LogP contribution is 2.05. The maximum absolute atomic E-state index is 11.8. The van der Waals surface area contributed by atoms with Crippen LogP contribution in [0, 0.1) is 13.8 Å². The molecule has 0 saturated heterocycles. The Labute approximate surface area is 129 Å². The van der Waals surface area contributed by atoms with Crippen LogP contribution in [-0.4, -0.2) is 11.8 Å². The Balaban J connectivity index is 1.87. The molecule has 2 N–H and O–H groups in total. The van der Waals surface area contributed by atoms with Gasteiger partial charge in [0.05, 0.1) is 0 Å². The normalized spacial score (nSPS) is 10.5. The lowest BCUT2D eigenvalue weighted by Gasteiger charge is -2.05. The number of hydrogen-bond acceptors (Lipinski definition) is 2. The van der Waals surface area contributed by atoms with E-state index in [0.717, 1.165) is 16.7 Å². The van der Waals surface area contributed by atoms with Crippen LogP contribution in [0.3, 0.4) is 0 Å². The fourth-order valence-corrected chi connectivity index (χ4v) is 1.88. The Morgan fingerprint density at radius 2 is 1.64 bits per heavy atom. The molecule has 0 saturated carbocycles. The van der Waals surface area contributed by atoms with E-state index in [1.165, 1.54) is 6.08 Å². The van der Waals surface area contributed by atoms with E-state index in [-0.39, 0.29) is 11.8 Å². The number of benzene rings is 2. The Bertz CT molecular complexity index is 703. The van der Waals surface area contributed by atoms with Crippen molar-refractivity contribution in [2.45, 2.75) is 13.8 Å². The van der Waals surface area contributed by atoms with Gasteiger partial charge in [-0.2, -0.15) is 0 Å². The van der Waals surface area contributed by atoms with Gasteiger partial charge in [0.2, 0.25) is 0 Å². The summed E-state index contributed by atoms with van der Waals surface area (Å²) in [5.74, 6) is -0.737. The van der Waals surface area contributed by atoms with Crippen LogP contribution in [0.4, 0.5) is 0 Å². The molecule has 0 radical (unpaired) electrons. The average molecular weight is 294 g/mol. The fraction of sp³-hybridized carbons (Fsp3) is 0.111. The van der Waals surface area contributed by atoms with Crippen molar-refractivity contribution in [1.29, 1.82) is 0 Å². The molecule has 0 aliphatic rings. The first-order valence-electron chi connectivity index (χ1n) is 6.96. The lowest BCUT2D eigenvalue weighted by molar-refractivity contribution is -0.117. The van der Waals surface area contributed by atoms with Gasteiger partial charge in [0.25, 0.3) is 11.8 Å². The third kappa shape index (κ3) is 4.59. The monoisotopic (exact) mass is 294 g/mol. The Hall–Kier alpha value is -2.88. The van der Waals surface area contributed by atoms with Crippen molar-refractivity contribution in [3.63, 3.8) is 0 Å². The zero-order valence-electron chi connectivity index (χ0n) is 12.6. The van der Waals surface area contributed by atoms with Gasteiger partial charge in [-0.25, -0.2) is 0 Å². The van der Waals surface area contributed by atoms with Crippen LogP contribution in [-0.2, 0) is 4.79 Å². The van der Waals surface area contributed by atoms with Crippen LogP contribution in [0.2, 0.25) is 0 Å². The minimum Gasteiger partial charge on any atom is -0.268 e. The molecular formula is C18H18N2O2. The average Bonchev–Trinajstić information content (AvgIpc) is 2.51. The van der Waals surface area contributed by atoms with Gasteiger partial charge < -0.3 is 0 Å². The minimum absolute atomic E-state index is 0.350. The smallest absolute Gasteiger partial charge is 0.268 e. The molecule has 2 amide bonds. The molecule has 2 aromatic rings. The van der Waals surface area contributed by atoms with E-state index in [1.54, 1.807) is 18.2 Å². The summed E-state index contributed by atoms with van der Waals surface area (Å²) < 4.78 is 0. The van der Waals surface area contributed by atoms with Crippen LogP contribution in [0.25, 0.3) is 6.08 Å². The van der Waals surface area contributed by atoms with Crippen molar-refractivity contribution in [1.82, 2.24) is 10.9 Å². The molecular weight excluding hydrogens is 276 g/mol. The number of carbonyl (C=O) groups excluding carboxylic acids is 2. The second-order valence-electron chi connectivity index (χ2n) is 5.06. The van der Waals surface area contributed by atoms with E-state index in [0.29, 0.717) is 5.56 Å². The zero-order chi connectivity index (χ0) is 15.9. The van der Waals surface area contributed by atoms with E-state index >= 15 is 0 Å². The molecule has 0 fully saturated rings. The van der Waals surface area contributed by atoms with Crippen LogP contribution >= 0.6 is 0 Å². The van der Waals surface area contributed by atoms with Crippen LogP contribution in [0.1, 0.15) is 27.0 Å². The second kappa shape index (κ2) is 7.22. The van der Waals surface area contributed by atoms with Gasteiger partial charge in [-0.15, -0.1) is 0 Å². The van der Waals surface area contributed by atoms with E-state index in [4.69, 9.17) is 0 Å². The number of hydrogen-bond donors (Lipinski definition) is 2. The van der Waals surface area contributed by atoms with Crippen LogP contribution in [0.5, 0.6) is 0 Å². The third-order valence-corrected chi connectivity index (χ3v) is 3.08. The molecule has 4 nitrogen and oxygen atoms in total. The number of amides is 2. The lowest BCUT2D eigenvalue weighted by atomic mass is 10.1. The SMILES string of the molecule is Cc1ccc(C(=O)NNC(=O)/C=C/c2cccc(C)c2)cc1. The molecule has 2 aromatic carbocycles. The summed E-state index contributed by atoms with van der Waals surface area (Å²) in [5.41, 5.74) is 8.35. The molecule has 0 heterocycles. The number of hydrazine groups is 1. The Kier molecular flexibility index (Phi) is 5.09. The summed E-state index contributed by atoms with van der Waals surface area (Å²) in [7, 11) is 0. The van der Waals surface area contributed by atoms with Crippen molar-refractivity contribution < 1.29 is 9.59 Å². The molecule has 0 aliphatic heterocycles. The van der Waals surface area contributed by atoms with E-state index in [1.807, 2.05) is 50.2 Å². The second-order valence-corrected chi connectivity index (χ2v) is 5.06. The van der Waals surface area contributed by atoms with E-state index in [9.17, 15) is 9.59 Å². The highest BCUT2D eigenvalue weighted by molar-refractivity contribution is 5.97. The van der Waals surface area contributed by atoms with Crippen molar-refractivity contribution in [2.75, 3.05) is 0 Å². The van der Waals surface area contributed by atoms with Crippen LogP contribution in [0.15, 0.2) is 54.6 Å². The molecule has 0 spiro atoms. The van der Waals surface area contributed by atoms with Crippen LogP contribution < -0.4 is 10.9 Å². The Morgan fingerprint density at radius 3 is 2.32 bits per heavy atom. The summed E-state index contributed by atoms with van der Waals surface area (Å²) in [6, 6.07) is 14.9. The lowest BCUT2D eigenvalue weighted by Crippen LogP contribution is -2.40. The molecule has 0 aromatic heterocycles. The largest absolute Gasteiger partial charge is 0.269 e. The van der Waals surface area contributed by atoms with Gasteiger partial charge in [-0.1, -0.05) is 47.5 Å². The predicted octanol–water partition coefficient (Wildman–Crippen LogP) is 2.78. The van der Waals surface area contributed by atoms with Gasteiger partial charge in [0, 0.05) is 11.6 Å². The molecule has 22 heavy (non-hydrogen) atoms. The van der Waals surface area contributed by atoms with E-state index in [2.05, 4.69) is 10.9 Å². The maximum Gasteiger partial charge on any atom is 0.269 e. The molecule has 0 aliphatic carbocycles. The molecule has 0 atom stereocenters. The molecule has 112 valence electrons. The topological polar surface area (TPSA) is 58.2 Å². The number of rotatable bonds is 3. The number of aryl methyl sites for hydroxylation is 2. The first kappa shape index (κ1) is 15.5. The van der Waals surface area contributed by atoms with Gasteiger partial charge in [-0.3, -0.25) is 20.4 Å². The van der Waals surface area contributed by atoms with Gasteiger partial charge in [0.1, 0.15) is 0 Å². The van der Waals surface area contributed by atoms with Crippen molar-refractivity contribution in [3.8, 4) is 0 Å². The Morgan fingerprint density at radius 1 is 0.909 bits per heavy atom. The van der Waals surface area contributed by atoms with Crippen molar-refractivity contribution >= 4 is 17.9 Å². The number of nitrogens with one attached hydrogen (secondary N) is 2. The number of carbonyl (C=O) groups is 2. The van der Waals surface area contributed by atoms with Gasteiger partial charge >= 0.3 is 0 Å². The maximum atomic E-state index is 11.8. The minimum atomic E-state index is -0.387. The first-order chi connectivity index (χ1) is 10.5. The van der Waals surface area contributed by atoms with Crippen molar-refractivity contribution in [3.05, 3.63) is 76.9 Å². The summed E-state index contributed by atoms with van der Waals surface area (Å²) in [6.45, 7) is 3.93. The molecule has 2 rings (SSSR count). The molecule has 4 heteroatoms. The summed E-state index contributed by atoms with van der Waals surface area (Å²) in [6.07, 6.45) is 3.07. The zero-order valence-corrected chi connectivity index (χ0v) is 12.6.